The lowest BCUT2D eigenvalue weighted by molar-refractivity contribution is -0.151. The number of amides is 2. The topological polar surface area (TPSA) is 102 Å². The Morgan fingerprint density at radius 2 is 1.92 bits per heavy atom. The lowest BCUT2D eigenvalue weighted by Gasteiger charge is -2.33. The second-order valence-corrected chi connectivity index (χ2v) is 8.89. The fourth-order valence-corrected chi connectivity index (χ4v) is 4.37. The van der Waals surface area contributed by atoms with Gasteiger partial charge in [-0.25, -0.2) is 0 Å². The van der Waals surface area contributed by atoms with Gasteiger partial charge >= 0.3 is 5.97 Å². The molecule has 2 heterocycles. The average molecular weight is 506 g/mol. The first-order valence-corrected chi connectivity index (χ1v) is 12.4. The minimum atomic E-state index is -0.422. The van der Waals surface area contributed by atoms with Gasteiger partial charge in [0.05, 0.1) is 19.6 Å². The molecule has 1 fully saturated rings. The van der Waals surface area contributed by atoms with Gasteiger partial charge in [-0.3, -0.25) is 14.4 Å². The second kappa shape index (κ2) is 12.2. The van der Waals surface area contributed by atoms with Crippen molar-refractivity contribution in [2.24, 2.45) is 5.92 Å². The minimum Gasteiger partial charge on any atom is -0.497 e. The highest BCUT2D eigenvalue weighted by molar-refractivity contribution is 5.95. The van der Waals surface area contributed by atoms with E-state index in [-0.39, 0.29) is 43.1 Å². The Morgan fingerprint density at radius 3 is 2.68 bits per heavy atom. The van der Waals surface area contributed by atoms with Crippen molar-refractivity contribution >= 4 is 17.8 Å². The zero-order valence-electron chi connectivity index (χ0n) is 21.1. The number of hydrogen-bond acceptors (Lipinski definition) is 7. The summed E-state index contributed by atoms with van der Waals surface area (Å²) in [5.74, 6) is -0.215. The molecule has 1 aliphatic rings. The minimum absolute atomic E-state index is 0.101. The van der Waals surface area contributed by atoms with Crippen LogP contribution in [-0.4, -0.2) is 66.1 Å². The molecule has 0 aliphatic carbocycles. The molecular formula is C28H31N3O6. The molecule has 194 valence electrons. The fraction of sp³-hybridized carbons (Fsp3) is 0.357. The van der Waals surface area contributed by atoms with Gasteiger partial charge in [-0.05, 0) is 37.5 Å². The third-order valence-corrected chi connectivity index (χ3v) is 6.31. The van der Waals surface area contributed by atoms with Crippen molar-refractivity contribution in [1.29, 1.82) is 0 Å². The first kappa shape index (κ1) is 25.9. The highest BCUT2D eigenvalue weighted by Gasteiger charge is 2.31. The van der Waals surface area contributed by atoms with Crippen LogP contribution in [0.1, 0.15) is 35.8 Å². The Bertz CT molecular complexity index is 1230. The molecule has 0 saturated carbocycles. The summed E-state index contributed by atoms with van der Waals surface area (Å²) < 4.78 is 15.9. The molecule has 1 atom stereocenters. The quantitative estimate of drug-likeness (QED) is 0.408. The van der Waals surface area contributed by atoms with Crippen molar-refractivity contribution in [3.05, 3.63) is 71.9 Å². The van der Waals surface area contributed by atoms with Gasteiger partial charge in [0.25, 0.3) is 5.91 Å². The van der Waals surface area contributed by atoms with Gasteiger partial charge in [-0.2, -0.15) is 0 Å². The number of ether oxygens (including phenoxy) is 2. The molecule has 0 spiro atoms. The number of carbonyl (C=O) groups is 3. The Labute approximate surface area is 215 Å². The Balaban J connectivity index is 1.52. The lowest BCUT2D eigenvalue weighted by atomic mass is 9.98. The lowest BCUT2D eigenvalue weighted by Crippen LogP contribution is -2.47. The summed E-state index contributed by atoms with van der Waals surface area (Å²) in [6.45, 7) is 2.96. The van der Waals surface area contributed by atoms with E-state index in [9.17, 15) is 14.4 Å². The summed E-state index contributed by atoms with van der Waals surface area (Å²) in [4.78, 5) is 42.1. The molecule has 1 aliphatic heterocycles. The number of carbonyl (C=O) groups excluding carboxylic acids is 3. The fourth-order valence-electron chi connectivity index (χ4n) is 4.37. The maximum atomic E-state index is 13.5. The molecular weight excluding hydrogens is 474 g/mol. The molecule has 9 heteroatoms. The summed E-state index contributed by atoms with van der Waals surface area (Å²) in [6, 6.07) is 18.3. The summed E-state index contributed by atoms with van der Waals surface area (Å²) >= 11 is 0. The van der Waals surface area contributed by atoms with E-state index in [0.29, 0.717) is 37.5 Å². The van der Waals surface area contributed by atoms with Crippen LogP contribution in [-0.2, 0) is 20.9 Å². The average Bonchev–Trinajstić information content (AvgIpc) is 3.43. The Kier molecular flexibility index (Phi) is 8.56. The van der Waals surface area contributed by atoms with Crippen LogP contribution in [0.4, 0.5) is 0 Å². The van der Waals surface area contributed by atoms with Gasteiger partial charge in [-0.1, -0.05) is 47.6 Å². The molecule has 1 aromatic heterocycles. The highest BCUT2D eigenvalue weighted by atomic mass is 16.5. The van der Waals surface area contributed by atoms with Crippen LogP contribution in [0.25, 0.3) is 11.3 Å². The molecule has 1 saturated heterocycles. The van der Waals surface area contributed by atoms with E-state index in [2.05, 4.69) is 5.16 Å². The van der Waals surface area contributed by atoms with Gasteiger partial charge in [0.1, 0.15) is 12.3 Å². The zero-order chi connectivity index (χ0) is 26.2. The third kappa shape index (κ3) is 6.55. The van der Waals surface area contributed by atoms with Crippen molar-refractivity contribution in [1.82, 2.24) is 15.0 Å². The number of aromatic nitrogens is 1. The van der Waals surface area contributed by atoms with E-state index in [1.807, 2.05) is 48.5 Å². The molecule has 4 rings (SSSR count). The molecule has 2 amide bonds. The van der Waals surface area contributed by atoms with Gasteiger partial charge in [0.2, 0.25) is 5.91 Å². The molecule has 0 N–H and O–H groups in total. The summed E-state index contributed by atoms with van der Waals surface area (Å²) in [5.41, 5.74) is 1.70. The van der Waals surface area contributed by atoms with Crippen molar-refractivity contribution in [3.63, 3.8) is 0 Å². The number of hydrogen-bond donors (Lipinski definition) is 0. The largest absolute Gasteiger partial charge is 0.497 e. The number of piperidine rings is 1. The molecule has 2 aromatic carbocycles. The van der Waals surface area contributed by atoms with Crippen LogP contribution in [0.5, 0.6) is 5.75 Å². The maximum Gasteiger partial charge on any atom is 0.310 e. The SMILES string of the molecule is CCOC(=O)C1CCCN(C(=O)CN(Cc2ccccc2)C(=O)c2cc(-c3cccc(OC)c3)on2)C1. The molecule has 9 nitrogen and oxygen atoms in total. The first-order chi connectivity index (χ1) is 18.0. The summed E-state index contributed by atoms with van der Waals surface area (Å²) in [5, 5.41) is 3.99. The molecule has 0 bridgehead atoms. The van der Waals surface area contributed by atoms with Crippen LogP contribution >= 0.6 is 0 Å². The van der Waals surface area contributed by atoms with Crippen LogP contribution < -0.4 is 4.74 Å². The molecule has 37 heavy (non-hydrogen) atoms. The normalized spacial score (nSPS) is 15.2. The van der Waals surface area contributed by atoms with Crippen LogP contribution in [0.2, 0.25) is 0 Å². The van der Waals surface area contributed by atoms with E-state index in [0.717, 1.165) is 11.1 Å². The van der Waals surface area contributed by atoms with Gasteiger partial charge < -0.3 is 23.8 Å². The third-order valence-electron chi connectivity index (χ3n) is 6.31. The van der Waals surface area contributed by atoms with Crippen molar-refractivity contribution in [2.45, 2.75) is 26.3 Å². The van der Waals surface area contributed by atoms with Gasteiger partial charge in [0.15, 0.2) is 11.5 Å². The first-order valence-electron chi connectivity index (χ1n) is 12.4. The second-order valence-electron chi connectivity index (χ2n) is 8.89. The van der Waals surface area contributed by atoms with Gasteiger partial charge in [0, 0.05) is 31.3 Å². The van der Waals surface area contributed by atoms with Gasteiger partial charge in [-0.15, -0.1) is 0 Å². The number of nitrogens with zero attached hydrogens (tertiary/aromatic N) is 3. The Hall–Kier alpha value is -4.14. The number of rotatable bonds is 9. The van der Waals surface area contributed by atoms with Crippen LogP contribution in [0.15, 0.2) is 65.2 Å². The van der Waals surface area contributed by atoms with Crippen LogP contribution in [0, 0.1) is 5.92 Å². The van der Waals surface area contributed by atoms with Crippen molar-refractivity contribution < 1.29 is 28.4 Å². The van der Waals surface area contributed by atoms with E-state index in [1.54, 1.807) is 31.1 Å². The van der Waals surface area contributed by atoms with E-state index in [1.165, 1.54) is 4.90 Å². The number of methoxy groups -OCH3 is 1. The number of esters is 1. The predicted molar refractivity (Wildman–Crippen MR) is 136 cm³/mol. The summed E-state index contributed by atoms with van der Waals surface area (Å²) in [6.07, 6.45) is 1.39. The smallest absolute Gasteiger partial charge is 0.310 e. The predicted octanol–water partition coefficient (Wildman–Crippen LogP) is 3.79. The van der Waals surface area contributed by atoms with Crippen LogP contribution in [0.3, 0.4) is 0 Å². The standard InChI is InChI=1S/C28H31N3O6/c1-3-36-28(34)22-12-8-14-30(18-22)26(32)19-31(17-20-9-5-4-6-10-20)27(33)24-16-25(37-29-24)21-11-7-13-23(15-21)35-2/h4-7,9-11,13,15-16,22H,3,8,12,14,17-19H2,1-2H3. The number of likely N-dealkylation sites (tertiary alicyclic amines) is 1. The van der Waals surface area contributed by atoms with Crippen molar-refractivity contribution in [2.75, 3.05) is 33.4 Å². The van der Waals surface area contributed by atoms with Crippen molar-refractivity contribution in [3.8, 4) is 17.1 Å². The molecule has 1 unspecified atom stereocenters. The van der Waals surface area contributed by atoms with E-state index >= 15 is 0 Å². The summed E-state index contributed by atoms with van der Waals surface area (Å²) in [7, 11) is 1.57. The number of benzene rings is 2. The highest BCUT2D eigenvalue weighted by Crippen LogP contribution is 2.25. The molecule has 0 radical (unpaired) electrons. The maximum absolute atomic E-state index is 13.5. The monoisotopic (exact) mass is 505 g/mol. The van der Waals surface area contributed by atoms with E-state index < -0.39 is 5.91 Å². The Morgan fingerprint density at radius 1 is 1.11 bits per heavy atom. The zero-order valence-corrected chi connectivity index (χ0v) is 21.1. The van der Waals surface area contributed by atoms with E-state index in [4.69, 9.17) is 14.0 Å². The molecule has 3 aromatic rings.